The maximum absolute atomic E-state index is 11.5. The number of rotatable bonds is 5. The van der Waals surface area contributed by atoms with Crippen LogP contribution in [0.15, 0.2) is 17.2 Å². The molecular formula is C11H14N2O4. The Kier molecular flexibility index (Phi) is 4.56. The molecule has 0 aliphatic carbocycles. The van der Waals surface area contributed by atoms with Crippen LogP contribution in [0.25, 0.3) is 0 Å². The summed E-state index contributed by atoms with van der Waals surface area (Å²) in [4.78, 5) is 37.4. The monoisotopic (exact) mass is 238 g/mol. The molecule has 0 aromatic carbocycles. The molecule has 0 amide bonds. The number of hydrogen-bond donors (Lipinski definition) is 0. The molecule has 6 heteroatoms. The fraction of sp³-hybridized carbons (Fsp3) is 0.455. The standard InChI is InChI=1S/C11H14N2O4/c1-3-17-10(15)4-9(14)7-13-6-8(2)5-12-11(13)16/h5-6H,3-4,7H2,1-2H3. The van der Waals surface area contributed by atoms with Crippen LogP contribution in [0, 0.1) is 6.92 Å². The van der Waals surface area contributed by atoms with Crippen LogP contribution in [0.1, 0.15) is 18.9 Å². The number of ether oxygens (including phenoxy) is 1. The third-order valence-corrected chi connectivity index (χ3v) is 1.98. The van der Waals surface area contributed by atoms with Crippen molar-refractivity contribution in [2.24, 2.45) is 0 Å². The number of aryl methyl sites for hydroxylation is 1. The first-order valence-electron chi connectivity index (χ1n) is 5.23. The van der Waals surface area contributed by atoms with Crippen molar-refractivity contribution in [2.45, 2.75) is 26.8 Å². The predicted octanol–water partition coefficient (Wildman–Crippen LogP) is 0.0740. The average Bonchev–Trinajstić information content (AvgIpc) is 2.23. The van der Waals surface area contributed by atoms with E-state index in [2.05, 4.69) is 9.72 Å². The Bertz CT molecular complexity index is 479. The number of nitrogens with zero attached hydrogens (tertiary/aromatic N) is 2. The van der Waals surface area contributed by atoms with Crippen molar-refractivity contribution in [1.29, 1.82) is 0 Å². The average molecular weight is 238 g/mol. The van der Waals surface area contributed by atoms with E-state index in [1.807, 2.05) is 0 Å². The molecule has 0 fully saturated rings. The highest BCUT2D eigenvalue weighted by atomic mass is 16.5. The number of hydrogen-bond acceptors (Lipinski definition) is 5. The first kappa shape index (κ1) is 13.1. The number of aromatic nitrogens is 2. The van der Waals surface area contributed by atoms with E-state index in [4.69, 9.17) is 0 Å². The highest BCUT2D eigenvalue weighted by Crippen LogP contribution is 1.94. The van der Waals surface area contributed by atoms with Crippen LogP contribution in [0.4, 0.5) is 0 Å². The van der Waals surface area contributed by atoms with Crippen molar-refractivity contribution in [3.05, 3.63) is 28.4 Å². The van der Waals surface area contributed by atoms with Gasteiger partial charge in [-0.2, -0.15) is 0 Å². The molecule has 92 valence electrons. The van der Waals surface area contributed by atoms with Gasteiger partial charge in [0.2, 0.25) is 0 Å². The van der Waals surface area contributed by atoms with Gasteiger partial charge in [0, 0.05) is 12.4 Å². The van der Waals surface area contributed by atoms with Gasteiger partial charge in [0.15, 0.2) is 5.78 Å². The fourth-order valence-corrected chi connectivity index (χ4v) is 1.30. The number of Topliss-reactive ketones (excluding diaryl/α,β-unsaturated/α-hetero) is 1. The maximum atomic E-state index is 11.5. The van der Waals surface area contributed by atoms with Gasteiger partial charge in [-0.1, -0.05) is 0 Å². The number of carbonyl (C=O) groups excluding carboxylic acids is 2. The molecule has 0 aliphatic rings. The number of esters is 1. The van der Waals surface area contributed by atoms with Gasteiger partial charge in [0.25, 0.3) is 0 Å². The summed E-state index contributed by atoms with van der Waals surface area (Å²) >= 11 is 0. The van der Waals surface area contributed by atoms with Crippen LogP contribution in [0.5, 0.6) is 0 Å². The van der Waals surface area contributed by atoms with E-state index in [0.29, 0.717) is 0 Å². The van der Waals surface area contributed by atoms with E-state index in [1.54, 1.807) is 13.8 Å². The second-order valence-corrected chi connectivity index (χ2v) is 3.56. The highest BCUT2D eigenvalue weighted by Gasteiger charge is 2.11. The Labute approximate surface area is 98.2 Å². The SMILES string of the molecule is CCOC(=O)CC(=O)Cn1cc(C)cnc1=O. The molecule has 0 aliphatic heterocycles. The van der Waals surface area contributed by atoms with Gasteiger partial charge in [-0.3, -0.25) is 14.2 Å². The summed E-state index contributed by atoms with van der Waals surface area (Å²) in [5.41, 5.74) is 0.265. The largest absolute Gasteiger partial charge is 0.466 e. The van der Waals surface area contributed by atoms with Crippen molar-refractivity contribution in [3.63, 3.8) is 0 Å². The van der Waals surface area contributed by atoms with Gasteiger partial charge in [-0.15, -0.1) is 0 Å². The lowest BCUT2D eigenvalue weighted by molar-refractivity contribution is -0.145. The summed E-state index contributed by atoms with van der Waals surface area (Å²) in [7, 11) is 0. The second-order valence-electron chi connectivity index (χ2n) is 3.56. The van der Waals surface area contributed by atoms with E-state index in [-0.39, 0.29) is 25.4 Å². The Morgan fingerprint density at radius 2 is 2.18 bits per heavy atom. The molecule has 6 nitrogen and oxygen atoms in total. The molecule has 0 spiro atoms. The predicted molar refractivity (Wildman–Crippen MR) is 59.5 cm³/mol. The molecule has 0 bridgehead atoms. The fourth-order valence-electron chi connectivity index (χ4n) is 1.30. The normalized spacial score (nSPS) is 10.0. The number of carbonyl (C=O) groups is 2. The van der Waals surface area contributed by atoms with Crippen LogP contribution in [-0.4, -0.2) is 27.9 Å². The van der Waals surface area contributed by atoms with E-state index >= 15 is 0 Å². The second kappa shape index (κ2) is 5.93. The maximum Gasteiger partial charge on any atom is 0.347 e. The Morgan fingerprint density at radius 3 is 2.82 bits per heavy atom. The first-order chi connectivity index (χ1) is 8.02. The quantitative estimate of drug-likeness (QED) is 0.536. The minimum Gasteiger partial charge on any atom is -0.466 e. The molecule has 1 aromatic rings. The molecule has 1 heterocycles. The molecule has 0 atom stereocenters. The molecule has 0 saturated heterocycles. The summed E-state index contributed by atoms with van der Waals surface area (Å²) in [6, 6.07) is 0. The smallest absolute Gasteiger partial charge is 0.347 e. The topological polar surface area (TPSA) is 78.3 Å². The Hall–Kier alpha value is -1.98. The number of ketones is 1. The highest BCUT2D eigenvalue weighted by molar-refractivity contribution is 5.95. The van der Waals surface area contributed by atoms with E-state index < -0.39 is 11.7 Å². The lowest BCUT2D eigenvalue weighted by atomic mass is 10.3. The molecule has 17 heavy (non-hydrogen) atoms. The third kappa shape index (κ3) is 4.18. The van der Waals surface area contributed by atoms with Crippen LogP contribution in [0.3, 0.4) is 0 Å². The molecular weight excluding hydrogens is 224 g/mol. The molecule has 0 saturated carbocycles. The van der Waals surface area contributed by atoms with Gasteiger partial charge in [0.05, 0.1) is 13.2 Å². The molecule has 1 aromatic heterocycles. The van der Waals surface area contributed by atoms with Crippen molar-refractivity contribution >= 4 is 11.8 Å². The molecule has 0 N–H and O–H groups in total. The Morgan fingerprint density at radius 1 is 1.47 bits per heavy atom. The van der Waals surface area contributed by atoms with Crippen LogP contribution in [-0.2, 0) is 20.9 Å². The molecule has 0 radical (unpaired) electrons. The zero-order valence-corrected chi connectivity index (χ0v) is 9.80. The van der Waals surface area contributed by atoms with E-state index in [9.17, 15) is 14.4 Å². The zero-order chi connectivity index (χ0) is 12.8. The summed E-state index contributed by atoms with van der Waals surface area (Å²) in [6.07, 6.45) is 2.63. The minimum atomic E-state index is -0.578. The van der Waals surface area contributed by atoms with Gasteiger partial charge in [-0.25, -0.2) is 9.78 Å². The third-order valence-electron chi connectivity index (χ3n) is 1.98. The summed E-state index contributed by atoms with van der Waals surface area (Å²) in [5.74, 6) is -0.955. The van der Waals surface area contributed by atoms with Crippen molar-refractivity contribution in [3.8, 4) is 0 Å². The first-order valence-corrected chi connectivity index (χ1v) is 5.23. The van der Waals surface area contributed by atoms with Crippen molar-refractivity contribution < 1.29 is 14.3 Å². The molecule has 0 unspecified atom stereocenters. The lowest BCUT2D eigenvalue weighted by Crippen LogP contribution is -2.27. The zero-order valence-electron chi connectivity index (χ0n) is 9.80. The van der Waals surface area contributed by atoms with E-state index in [1.165, 1.54) is 17.0 Å². The summed E-state index contributed by atoms with van der Waals surface area (Å²) < 4.78 is 5.82. The molecule has 1 rings (SSSR count). The van der Waals surface area contributed by atoms with Crippen LogP contribution >= 0.6 is 0 Å². The van der Waals surface area contributed by atoms with E-state index in [0.717, 1.165) is 5.56 Å². The van der Waals surface area contributed by atoms with Gasteiger partial charge in [-0.05, 0) is 19.4 Å². The van der Waals surface area contributed by atoms with Crippen molar-refractivity contribution in [2.75, 3.05) is 6.61 Å². The Balaban J connectivity index is 2.65. The van der Waals surface area contributed by atoms with Gasteiger partial charge >= 0.3 is 11.7 Å². The van der Waals surface area contributed by atoms with Gasteiger partial charge < -0.3 is 4.74 Å². The van der Waals surface area contributed by atoms with Crippen LogP contribution < -0.4 is 5.69 Å². The summed E-state index contributed by atoms with van der Waals surface area (Å²) in [5, 5.41) is 0. The lowest BCUT2D eigenvalue weighted by Gasteiger charge is -2.04. The van der Waals surface area contributed by atoms with Gasteiger partial charge in [0.1, 0.15) is 6.42 Å². The van der Waals surface area contributed by atoms with Crippen LogP contribution in [0.2, 0.25) is 0 Å². The van der Waals surface area contributed by atoms with Crippen molar-refractivity contribution in [1.82, 2.24) is 9.55 Å². The summed E-state index contributed by atoms with van der Waals surface area (Å²) in [6.45, 7) is 3.50. The minimum absolute atomic E-state index is 0.160.